The van der Waals surface area contributed by atoms with Gasteiger partial charge in [-0.3, -0.25) is 0 Å². The molecular weight excluding hydrogens is 298 g/mol. The molecule has 1 heterocycles. The van der Waals surface area contributed by atoms with Gasteiger partial charge < -0.3 is 5.32 Å². The van der Waals surface area contributed by atoms with Crippen molar-refractivity contribution in [3.05, 3.63) is 29.3 Å². The summed E-state index contributed by atoms with van der Waals surface area (Å²) in [4.78, 5) is -0.441. The van der Waals surface area contributed by atoms with Gasteiger partial charge in [0.05, 0.1) is 0 Å². The minimum Gasteiger partial charge on any atom is -0.315 e. The van der Waals surface area contributed by atoms with Crippen LogP contribution in [-0.2, 0) is 16.6 Å². The number of hydrogen-bond donors (Lipinski definition) is 1. The fourth-order valence-corrected chi connectivity index (χ4v) is 4.04. The third-order valence-electron chi connectivity index (χ3n) is 3.86. The molecule has 0 unspecified atom stereocenters. The second-order valence-corrected chi connectivity index (χ2v) is 7.36. The Hall–Kier alpha value is -1.05. The molecule has 0 bridgehead atoms. The van der Waals surface area contributed by atoms with E-state index in [1.165, 1.54) is 4.31 Å². The van der Waals surface area contributed by atoms with Gasteiger partial charge in [-0.25, -0.2) is 17.2 Å². The van der Waals surface area contributed by atoms with Crippen LogP contribution >= 0.6 is 0 Å². The van der Waals surface area contributed by atoms with Crippen LogP contribution in [0.25, 0.3) is 0 Å². The average molecular weight is 318 g/mol. The van der Waals surface area contributed by atoms with E-state index in [-0.39, 0.29) is 12.1 Å². The molecule has 1 aliphatic heterocycles. The van der Waals surface area contributed by atoms with Crippen LogP contribution in [0.5, 0.6) is 0 Å². The Morgan fingerprint density at radius 1 is 1.29 bits per heavy atom. The van der Waals surface area contributed by atoms with Crippen molar-refractivity contribution in [1.82, 2.24) is 9.62 Å². The number of nitrogens with one attached hydrogen (secondary N) is 1. The maximum atomic E-state index is 14.4. The minimum atomic E-state index is -3.91. The standard InChI is InChI=1S/C14H20F2N2O2S/c1-10-5-7-18(8-6-10)21(19,20)13-4-3-12(15)11(9-17-2)14(13)16/h3-4,10,17H,5-9H2,1-2H3. The number of hydrogen-bond acceptors (Lipinski definition) is 3. The summed E-state index contributed by atoms with van der Waals surface area (Å²) >= 11 is 0. The van der Waals surface area contributed by atoms with Crippen molar-refractivity contribution < 1.29 is 17.2 Å². The molecule has 0 amide bonds. The lowest BCUT2D eigenvalue weighted by molar-refractivity contribution is 0.287. The number of nitrogens with zero attached hydrogens (tertiary/aromatic N) is 1. The molecule has 1 N–H and O–H groups in total. The molecule has 1 fully saturated rings. The molecule has 2 rings (SSSR count). The van der Waals surface area contributed by atoms with E-state index < -0.39 is 26.6 Å². The van der Waals surface area contributed by atoms with Crippen LogP contribution in [0.3, 0.4) is 0 Å². The fourth-order valence-electron chi connectivity index (χ4n) is 2.48. The number of sulfonamides is 1. The van der Waals surface area contributed by atoms with Gasteiger partial charge in [-0.05, 0) is 37.9 Å². The molecule has 1 aromatic rings. The van der Waals surface area contributed by atoms with Crippen LogP contribution in [0.15, 0.2) is 17.0 Å². The highest BCUT2D eigenvalue weighted by Crippen LogP contribution is 2.27. The van der Waals surface area contributed by atoms with E-state index in [1.807, 2.05) is 0 Å². The topological polar surface area (TPSA) is 49.4 Å². The summed E-state index contributed by atoms with van der Waals surface area (Å²) in [6.45, 7) is 2.76. The smallest absolute Gasteiger partial charge is 0.245 e. The van der Waals surface area contributed by atoms with Gasteiger partial charge in [-0.1, -0.05) is 6.92 Å². The van der Waals surface area contributed by atoms with E-state index in [2.05, 4.69) is 12.2 Å². The monoisotopic (exact) mass is 318 g/mol. The summed E-state index contributed by atoms with van der Waals surface area (Å²) in [5, 5.41) is 2.64. The lowest BCUT2D eigenvalue weighted by atomic mass is 10.0. The highest BCUT2D eigenvalue weighted by atomic mass is 32.2. The molecule has 21 heavy (non-hydrogen) atoms. The predicted octanol–water partition coefficient (Wildman–Crippen LogP) is 2.10. The van der Waals surface area contributed by atoms with E-state index in [4.69, 9.17) is 0 Å². The molecule has 0 saturated carbocycles. The van der Waals surface area contributed by atoms with Crippen molar-refractivity contribution in [2.75, 3.05) is 20.1 Å². The highest BCUT2D eigenvalue weighted by molar-refractivity contribution is 7.89. The van der Waals surface area contributed by atoms with Gasteiger partial charge >= 0.3 is 0 Å². The van der Waals surface area contributed by atoms with E-state index in [1.54, 1.807) is 7.05 Å². The molecular formula is C14H20F2N2O2S. The SMILES string of the molecule is CNCc1c(F)ccc(S(=O)(=O)N2CCC(C)CC2)c1F. The Morgan fingerprint density at radius 3 is 2.48 bits per heavy atom. The first-order chi connectivity index (χ1) is 9.87. The fraction of sp³-hybridized carbons (Fsp3) is 0.571. The van der Waals surface area contributed by atoms with Gasteiger partial charge in [0.15, 0.2) is 5.82 Å². The Bertz CT molecular complexity index is 612. The zero-order valence-electron chi connectivity index (χ0n) is 12.2. The molecule has 4 nitrogen and oxygen atoms in total. The van der Waals surface area contributed by atoms with Crippen LogP contribution < -0.4 is 5.32 Å². The Kier molecular flexibility index (Phi) is 4.95. The number of benzene rings is 1. The second-order valence-electron chi connectivity index (χ2n) is 5.45. The van der Waals surface area contributed by atoms with Crippen molar-refractivity contribution in [3.8, 4) is 0 Å². The molecule has 1 aliphatic rings. The third-order valence-corrected chi connectivity index (χ3v) is 5.78. The van der Waals surface area contributed by atoms with Crippen LogP contribution in [0.4, 0.5) is 8.78 Å². The highest BCUT2D eigenvalue weighted by Gasteiger charge is 2.31. The van der Waals surface area contributed by atoms with Crippen LogP contribution in [0.2, 0.25) is 0 Å². The summed E-state index contributed by atoms with van der Waals surface area (Å²) in [6, 6.07) is 2.02. The van der Waals surface area contributed by atoms with E-state index >= 15 is 0 Å². The number of rotatable bonds is 4. The molecule has 7 heteroatoms. The van der Waals surface area contributed by atoms with Crippen LogP contribution in [-0.4, -0.2) is 32.9 Å². The first-order valence-corrected chi connectivity index (χ1v) is 8.43. The van der Waals surface area contributed by atoms with Gasteiger partial charge in [-0.2, -0.15) is 4.31 Å². The summed E-state index contributed by atoms with van der Waals surface area (Å²) in [5.41, 5.74) is -0.246. The number of piperidine rings is 1. The van der Waals surface area contributed by atoms with Crippen LogP contribution in [0, 0.1) is 17.6 Å². The maximum absolute atomic E-state index is 14.4. The Balaban J connectivity index is 2.38. The molecule has 1 saturated heterocycles. The molecule has 1 aromatic carbocycles. The van der Waals surface area contributed by atoms with Gasteiger partial charge in [0.2, 0.25) is 10.0 Å². The van der Waals surface area contributed by atoms with Crippen molar-refractivity contribution in [2.24, 2.45) is 5.92 Å². The van der Waals surface area contributed by atoms with Gasteiger partial charge in [0.1, 0.15) is 10.7 Å². The van der Waals surface area contributed by atoms with Crippen molar-refractivity contribution >= 4 is 10.0 Å². The Morgan fingerprint density at radius 2 is 1.90 bits per heavy atom. The quantitative estimate of drug-likeness (QED) is 0.925. The van der Waals surface area contributed by atoms with E-state index in [9.17, 15) is 17.2 Å². The summed E-state index contributed by atoms with van der Waals surface area (Å²) in [7, 11) is -2.36. The first kappa shape index (κ1) is 16.3. The third kappa shape index (κ3) is 3.25. The van der Waals surface area contributed by atoms with Crippen LogP contribution in [0.1, 0.15) is 25.3 Å². The van der Waals surface area contributed by atoms with Gasteiger partial charge in [0.25, 0.3) is 0 Å². The zero-order chi connectivity index (χ0) is 15.6. The van der Waals surface area contributed by atoms with Crippen molar-refractivity contribution in [2.45, 2.75) is 31.2 Å². The van der Waals surface area contributed by atoms with Gasteiger partial charge in [0, 0.05) is 25.2 Å². The average Bonchev–Trinajstić information content (AvgIpc) is 2.43. The molecule has 0 radical (unpaired) electrons. The molecule has 0 aliphatic carbocycles. The van der Waals surface area contributed by atoms with Crippen molar-refractivity contribution in [3.63, 3.8) is 0 Å². The maximum Gasteiger partial charge on any atom is 0.245 e. The largest absolute Gasteiger partial charge is 0.315 e. The second kappa shape index (κ2) is 6.37. The lowest BCUT2D eigenvalue weighted by Crippen LogP contribution is -2.38. The van der Waals surface area contributed by atoms with Gasteiger partial charge in [-0.15, -0.1) is 0 Å². The summed E-state index contributed by atoms with van der Waals surface area (Å²) in [6.07, 6.45) is 1.51. The molecule has 0 spiro atoms. The molecule has 0 aromatic heterocycles. The first-order valence-electron chi connectivity index (χ1n) is 6.99. The summed E-state index contributed by atoms with van der Waals surface area (Å²) < 4.78 is 54.3. The number of halogens is 2. The summed E-state index contributed by atoms with van der Waals surface area (Å²) in [5.74, 6) is -1.27. The van der Waals surface area contributed by atoms with Crippen molar-refractivity contribution in [1.29, 1.82) is 0 Å². The minimum absolute atomic E-state index is 0.0575. The molecule has 118 valence electrons. The predicted molar refractivity (Wildman–Crippen MR) is 76.3 cm³/mol. The normalized spacial score (nSPS) is 18.1. The Labute approximate surface area is 124 Å². The lowest BCUT2D eigenvalue weighted by Gasteiger charge is -2.29. The van der Waals surface area contributed by atoms with E-state index in [0.29, 0.717) is 19.0 Å². The molecule has 0 atom stereocenters. The zero-order valence-corrected chi connectivity index (χ0v) is 13.0. The van der Waals surface area contributed by atoms with E-state index in [0.717, 1.165) is 25.0 Å².